The Bertz CT molecular complexity index is 364. The van der Waals surface area contributed by atoms with Crippen LogP contribution in [0.1, 0.15) is 25.5 Å². The van der Waals surface area contributed by atoms with Crippen LogP contribution in [0.3, 0.4) is 0 Å². The molecule has 1 unspecified atom stereocenters. The maximum absolute atomic E-state index is 11.3. The van der Waals surface area contributed by atoms with Crippen LogP contribution in [0.2, 0.25) is 0 Å². The molecule has 1 aromatic heterocycles. The lowest BCUT2D eigenvalue weighted by atomic mass is 9.98. The van der Waals surface area contributed by atoms with Gasteiger partial charge in [0.25, 0.3) is 0 Å². The van der Waals surface area contributed by atoms with E-state index in [0.717, 1.165) is 12.8 Å². The second-order valence-electron chi connectivity index (χ2n) is 3.94. The Morgan fingerprint density at radius 2 is 2.33 bits per heavy atom. The number of carboxylic acids is 1. The highest BCUT2D eigenvalue weighted by Gasteiger charge is 2.41. The van der Waals surface area contributed by atoms with Crippen LogP contribution >= 0.6 is 0 Å². The Balaban J connectivity index is 2.28. The molecular formula is C10H13N3O2. The zero-order chi connectivity index (χ0) is 10.9. The predicted molar refractivity (Wildman–Crippen MR) is 53.2 cm³/mol. The van der Waals surface area contributed by atoms with E-state index in [1.165, 1.54) is 18.6 Å². The van der Waals surface area contributed by atoms with Crippen LogP contribution in [-0.2, 0) is 10.3 Å². The van der Waals surface area contributed by atoms with E-state index in [0.29, 0.717) is 11.7 Å². The smallest absolute Gasteiger partial charge is 0.329 e. The Kier molecular flexibility index (Phi) is 2.40. The summed E-state index contributed by atoms with van der Waals surface area (Å²) in [5.41, 5.74) is -0.681. The minimum atomic E-state index is -1.13. The molecule has 0 radical (unpaired) electrons. The molecule has 5 heteroatoms. The maximum atomic E-state index is 11.3. The van der Waals surface area contributed by atoms with Crippen molar-refractivity contribution in [2.75, 3.05) is 0 Å². The SMILES string of the molecule is CC(NC1CC1)(C(=O)O)c1cnccn1. The van der Waals surface area contributed by atoms with Gasteiger partial charge in [0.15, 0.2) is 5.54 Å². The van der Waals surface area contributed by atoms with Crippen LogP contribution in [0, 0.1) is 0 Å². The van der Waals surface area contributed by atoms with Gasteiger partial charge in [0.1, 0.15) is 0 Å². The number of hydrogen-bond donors (Lipinski definition) is 2. The van der Waals surface area contributed by atoms with Crippen molar-refractivity contribution < 1.29 is 9.90 Å². The lowest BCUT2D eigenvalue weighted by molar-refractivity contribution is -0.144. The fraction of sp³-hybridized carbons (Fsp3) is 0.500. The summed E-state index contributed by atoms with van der Waals surface area (Å²) in [6.45, 7) is 1.62. The summed E-state index contributed by atoms with van der Waals surface area (Å²) in [4.78, 5) is 19.2. The summed E-state index contributed by atoms with van der Waals surface area (Å²) in [5, 5.41) is 12.3. The third kappa shape index (κ3) is 1.97. The molecule has 5 nitrogen and oxygen atoms in total. The van der Waals surface area contributed by atoms with E-state index in [2.05, 4.69) is 15.3 Å². The van der Waals surface area contributed by atoms with Crippen LogP contribution in [0.25, 0.3) is 0 Å². The summed E-state index contributed by atoms with van der Waals surface area (Å²) < 4.78 is 0. The largest absolute Gasteiger partial charge is 0.480 e. The van der Waals surface area contributed by atoms with Gasteiger partial charge in [-0.2, -0.15) is 0 Å². The van der Waals surface area contributed by atoms with E-state index in [-0.39, 0.29) is 0 Å². The van der Waals surface area contributed by atoms with Gasteiger partial charge < -0.3 is 5.11 Å². The molecule has 2 N–H and O–H groups in total. The summed E-state index contributed by atoms with van der Waals surface area (Å²) in [6, 6.07) is 0.299. The van der Waals surface area contributed by atoms with Crippen molar-refractivity contribution in [2.24, 2.45) is 0 Å². The lowest BCUT2D eigenvalue weighted by Crippen LogP contribution is -2.48. The number of hydrogen-bond acceptors (Lipinski definition) is 4. The molecule has 1 heterocycles. The number of aromatic nitrogens is 2. The lowest BCUT2D eigenvalue weighted by Gasteiger charge is -2.25. The third-order valence-electron chi connectivity index (χ3n) is 2.57. The number of nitrogens with zero attached hydrogens (tertiary/aromatic N) is 2. The molecule has 1 fully saturated rings. The average Bonchev–Trinajstić information content (AvgIpc) is 3.02. The monoisotopic (exact) mass is 207 g/mol. The van der Waals surface area contributed by atoms with Crippen LogP contribution < -0.4 is 5.32 Å². The quantitative estimate of drug-likeness (QED) is 0.753. The average molecular weight is 207 g/mol. The van der Waals surface area contributed by atoms with Crippen molar-refractivity contribution in [3.8, 4) is 0 Å². The molecule has 0 amide bonds. The number of carbonyl (C=O) groups is 1. The first-order valence-electron chi connectivity index (χ1n) is 4.90. The first-order valence-corrected chi connectivity index (χ1v) is 4.90. The van der Waals surface area contributed by atoms with Gasteiger partial charge in [-0.25, -0.2) is 4.79 Å². The molecule has 1 aliphatic rings. The first-order chi connectivity index (χ1) is 7.13. The van der Waals surface area contributed by atoms with Crippen molar-refractivity contribution in [2.45, 2.75) is 31.3 Å². The van der Waals surface area contributed by atoms with Crippen molar-refractivity contribution in [3.05, 3.63) is 24.3 Å². The Labute approximate surface area is 87.6 Å². The molecule has 15 heavy (non-hydrogen) atoms. The number of rotatable bonds is 4. The Morgan fingerprint density at radius 1 is 1.60 bits per heavy atom. The summed E-state index contributed by atoms with van der Waals surface area (Å²) in [6.07, 6.45) is 6.59. The predicted octanol–water partition coefficient (Wildman–Crippen LogP) is 0.528. The summed E-state index contributed by atoms with van der Waals surface area (Å²) >= 11 is 0. The van der Waals surface area contributed by atoms with Crippen LogP contribution in [-0.4, -0.2) is 27.1 Å². The van der Waals surface area contributed by atoms with Crippen molar-refractivity contribution >= 4 is 5.97 Å². The van der Waals surface area contributed by atoms with Gasteiger partial charge in [0.2, 0.25) is 0 Å². The van der Waals surface area contributed by atoms with Crippen molar-refractivity contribution in [1.82, 2.24) is 15.3 Å². The molecule has 1 saturated carbocycles. The molecule has 1 aliphatic carbocycles. The van der Waals surface area contributed by atoms with Gasteiger partial charge >= 0.3 is 5.97 Å². The molecule has 0 saturated heterocycles. The van der Waals surface area contributed by atoms with Crippen LogP contribution in [0.5, 0.6) is 0 Å². The molecule has 0 bridgehead atoms. The van der Waals surface area contributed by atoms with Gasteiger partial charge in [-0.05, 0) is 19.8 Å². The minimum absolute atomic E-state index is 0.299. The van der Waals surface area contributed by atoms with E-state index >= 15 is 0 Å². The molecule has 2 rings (SSSR count). The fourth-order valence-corrected chi connectivity index (χ4v) is 1.44. The first kappa shape index (κ1) is 10.0. The fourth-order valence-electron chi connectivity index (χ4n) is 1.44. The number of aliphatic carboxylic acids is 1. The molecule has 80 valence electrons. The molecular weight excluding hydrogens is 194 g/mol. The normalized spacial score (nSPS) is 19.5. The van der Waals surface area contributed by atoms with Gasteiger partial charge in [-0.3, -0.25) is 15.3 Å². The van der Waals surface area contributed by atoms with Crippen LogP contribution in [0.4, 0.5) is 0 Å². The zero-order valence-electron chi connectivity index (χ0n) is 8.47. The second-order valence-corrected chi connectivity index (χ2v) is 3.94. The maximum Gasteiger partial charge on any atom is 0.329 e. The van der Waals surface area contributed by atoms with Gasteiger partial charge in [0.05, 0.1) is 11.9 Å². The summed E-state index contributed by atoms with van der Waals surface area (Å²) in [5.74, 6) is -0.921. The van der Waals surface area contributed by atoms with Crippen LogP contribution in [0.15, 0.2) is 18.6 Å². The van der Waals surface area contributed by atoms with Gasteiger partial charge in [-0.1, -0.05) is 0 Å². The second kappa shape index (κ2) is 3.58. The topological polar surface area (TPSA) is 75.1 Å². The van der Waals surface area contributed by atoms with Gasteiger partial charge in [-0.15, -0.1) is 0 Å². The molecule has 1 atom stereocenters. The minimum Gasteiger partial charge on any atom is -0.480 e. The van der Waals surface area contributed by atoms with E-state index in [4.69, 9.17) is 0 Å². The van der Waals surface area contributed by atoms with Crippen molar-refractivity contribution in [3.63, 3.8) is 0 Å². The highest BCUT2D eigenvalue weighted by molar-refractivity contribution is 5.79. The van der Waals surface area contributed by atoms with E-state index in [1.807, 2.05) is 0 Å². The zero-order valence-corrected chi connectivity index (χ0v) is 8.47. The number of nitrogens with one attached hydrogen (secondary N) is 1. The van der Waals surface area contributed by atoms with E-state index in [1.54, 1.807) is 6.92 Å². The Hall–Kier alpha value is -1.49. The molecule has 0 spiro atoms. The van der Waals surface area contributed by atoms with Crippen molar-refractivity contribution in [1.29, 1.82) is 0 Å². The van der Waals surface area contributed by atoms with E-state index < -0.39 is 11.5 Å². The van der Waals surface area contributed by atoms with Gasteiger partial charge in [0, 0.05) is 18.4 Å². The standard InChI is InChI=1S/C10H13N3O2/c1-10(9(14)15,13-7-2-3-7)8-6-11-4-5-12-8/h4-7,13H,2-3H2,1H3,(H,14,15). The molecule has 1 aromatic rings. The Morgan fingerprint density at radius 3 is 2.80 bits per heavy atom. The number of carboxylic acid groups (broad SMARTS) is 1. The highest BCUT2D eigenvalue weighted by atomic mass is 16.4. The van der Waals surface area contributed by atoms with E-state index in [9.17, 15) is 9.90 Å². The summed E-state index contributed by atoms with van der Waals surface area (Å²) in [7, 11) is 0. The third-order valence-corrected chi connectivity index (χ3v) is 2.57. The molecule has 0 aromatic carbocycles. The molecule has 0 aliphatic heterocycles. The highest BCUT2D eigenvalue weighted by Crippen LogP contribution is 2.27.